The van der Waals surface area contributed by atoms with E-state index in [4.69, 9.17) is 11.5 Å². The highest BCUT2D eigenvalue weighted by Crippen LogP contribution is 2.14. The van der Waals surface area contributed by atoms with Crippen LogP contribution < -0.4 is 16.8 Å². The van der Waals surface area contributed by atoms with E-state index >= 15 is 0 Å². The Kier molecular flexibility index (Phi) is 2.84. The highest BCUT2D eigenvalue weighted by atomic mass is 16.1. The molecule has 0 spiro atoms. The summed E-state index contributed by atoms with van der Waals surface area (Å²) >= 11 is 0. The van der Waals surface area contributed by atoms with Crippen LogP contribution in [0.2, 0.25) is 0 Å². The summed E-state index contributed by atoms with van der Waals surface area (Å²) < 4.78 is 0. The standard InChI is InChI=1S/C7H15N3O/c8-6(7(9)11)5-1-3-10-4-2-5/h5-6,10H,1-4,8H2,(H2,9,11). The lowest BCUT2D eigenvalue weighted by Gasteiger charge is -2.25. The number of rotatable bonds is 2. The molecule has 0 radical (unpaired) electrons. The Bertz CT molecular complexity index is 143. The van der Waals surface area contributed by atoms with Gasteiger partial charge in [-0.15, -0.1) is 0 Å². The number of primary amides is 1. The number of carbonyl (C=O) groups excluding carboxylic acids is 1. The molecule has 64 valence electrons. The minimum atomic E-state index is -0.447. The molecule has 0 aromatic carbocycles. The Morgan fingerprint density at radius 1 is 1.45 bits per heavy atom. The van der Waals surface area contributed by atoms with E-state index in [-0.39, 0.29) is 11.8 Å². The number of hydrogen-bond donors (Lipinski definition) is 3. The lowest BCUT2D eigenvalue weighted by Crippen LogP contribution is -2.46. The van der Waals surface area contributed by atoms with Crippen LogP contribution in [-0.4, -0.2) is 25.0 Å². The number of amides is 1. The van der Waals surface area contributed by atoms with E-state index in [1.807, 2.05) is 0 Å². The highest BCUT2D eigenvalue weighted by Gasteiger charge is 2.23. The van der Waals surface area contributed by atoms with Crippen LogP contribution in [0.15, 0.2) is 0 Å². The van der Waals surface area contributed by atoms with Gasteiger partial charge in [-0.1, -0.05) is 0 Å². The maximum absolute atomic E-state index is 10.7. The third-order valence-electron chi connectivity index (χ3n) is 2.22. The zero-order chi connectivity index (χ0) is 8.27. The first-order chi connectivity index (χ1) is 5.22. The number of nitrogens with one attached hydrogen (secondary N) is 1. The average Bonchev–Trinajstić information content (AvgIpc) is 2.05. The van der Waals surface area contributed by atoms with Crippen molar-refractivity contribution in [2.75, 3.05) is 13.1 Å². The van der Waals surface area contributed by atoms with E-state index in [9.17, 15) is 4.79 Å². The van der Waals surface area contributed by atoms with E-state index in [0.29, 0.717) is 0 Å². The average molecular weight is 157 g/mol. The number of nitrogens with two attached hydrogens (primary N) is 2. The summed E-state index contributed by atoms with van der Waals surface area (Å²) in [7, 11) is 0. The van der Waals surface area contributed by atoms with Gasteiger partial charge < -0.3 is 16.8 Å². The second kappa shape index (κ2) is 3.69. The first-order valence-corrected chi connectivity index (χ1v) is 3.97. The van der Waals surface area contributed by atoms with Crippen molar-refractivity contribution >= 4 is 5.91 Å². The predicted octanol–water partition coefficient (Wildman–Crippen LogP) is -1.20. The van der Waals surface area contributed by atoms with E-state index in [1.54, 1.807) is 0 Å². The van der Waals surface area contributed by atoms with Crippen molar-refractivity contribution in [1.29, 1.82) is 0 Å². The quantitative estimate of drug-likeness (QED) is 0.471. The van der Waals surface area contributed by atoms with Gasteiger partial charge in [-0.05, 0) is 31.8 Å². The molecule has 1 rings (SSSR count). The highest BCUT2D eigenvalue weighted by molar-refractivity contribution is 5.79. The van der Waals surface area contributed by atoms with Gasteiger partial charge in [-0.25, -0.2) is 0 Å². The minimum Gasteiger partial charge on any atom is -0.368 e. The van der Waals surface area contributed by atoms with Crippen molar-refractivity contribution in [2.24, 2.45) is 17.4 Å². The fourth-order valence-electron chi connectivity index (χ4n) is 1.44. The van der Waals surface area contributed by atoms with E-state index in [0.717, 1.165) is 25.9 Å². The van der Waals surface area contributed by atoms with Gasteiger partial charge in [0, 0.05) is 0 Å². The lowest BCUT2D eigenvalue weighted by atomic mass is 9.90. The fraction of sp³-hybridized carbons (Fsp3) is 0.857. The van der Waals surface area contributed by atoms with E-state index < -0.39 is 6.04 Å². The van der Waals surface area contributed by atoms with Crippen LogP contribution in [0.3, 0.4) is 0 Å². The third-order valence-corrected chi connectivity index (χ3v) is 2.22. The van der Waals surface area contributed by atoms with Crippen LogP contribution >= 0.6 is 0 Å². The van der Waals surface area contributed by atoms with E-state index in [1.165, 1.54) is 0 Å². The maximum Gasteiger partial charge on any atom is 0.234 e. The van der Waals surface area contributed by atoms with Gasteiger partial charge in [0.1, 0.15) is 0 Å². The largest absolute Gasteiger partial charge is 0.368 e. The van der Waals surface area contributed by atoms with Crippen LogP contribution in [0.5, 0.6) is 0 Å². The molecule has 0 aliphatic carbocycles. The van der Waals surface area contributed by atoms with Gasteiger partial charge in [0.05, 0.1) is 6.04 Å². The maximum atomic E-state index is 10.7. The Morgan fingerprint density at radius 2 is 2.00 bits per heavy atom. The summed E-state index contributed by atoms with van der Waals surface area (Å²) in [4.78, 5) is 10.7. The van der Waals surface area contributed by atoms with Gasteiger partial charge in [0.2, 0.25) is 5.91 Å². The second-order valence-corrected chi connectivity index (χ2v) is 3.02. The Balaban J connectivity index is 2.38. The number of carbonyl (C=O) groups is 1. The molecule has 1 saturated heterocycles. The number of piperidine rings is 1. The molecule has 4 nitrogen and oxygen atoms in total. The van der Waals surface area contributed by atoms with E-state index in [2.05, 4.69) is 5.32 Å². The SMILES string of the molecule is NC(=O)C(N)C1CCNCC1. The monoisotopic (exact) mass is 157 g/mol. The van der Waals surface area contributed by atoms with Crippen LogP contribution in [0.25, 0.3) is 0 Å². The molecule has 11 heavy (non-hydrogen) atoms. The van der Waals surface area contributed by atoms with Gasteiger partial charge in [0.15, 0.2) is 0 Å². The number of hydrogen-bond acceptors (Lipinski definition) is 3. The molecule has 1 heterocycles. The van der Waals surface area contributed by atoms with Crippen LogP contribution in [0.1, 0.15) is 12.8 Å². The summed E-state index contributed by atoms with van der Waals surface area (Å²) in [5.41, 5.74) is 10.7. The van der Waals surface area contributed by atoms with Crippen LogP contribution in [0, 0.1) is 5.92 Å². The molecule has 1 amide bonds. The molecule has 0 bridgehead atoms. The minimum absolute atomic E-state index is 0.286. The van der Waals surface area contributed by atoms with Gasteiger partial charge in [-0.2, -0.15) is 0 Å². The van der Waals surface area contributed by atoms with Crippen molar-refractivity contribution in [3.8, 4) is 0 Å². The first-order valence-electron chi connectivity index (χ1n) is 3.97. The topological polar surface area (TPSA) is 81.1 Å². The second-order valence-electron chi connectivity index (χ2n) is 3.02. The molecule has 5 N–H and O–H groups in total. The van der Waals surface area contributed by atoms with Gasteiger partial charge in [-0.3, -0.25) is 4.79 Å². The normalized spacial score (nSPS) is 23.0. The van der Waals surface area contributed by atoms with Crippen LogP contribution in [0.4, 0.5) is 0 Å². The Labute approximate surface area is 66.3 Å². The fourth-order valence-corrected chi connectivity index (χ4v) is 1.44. The molecule has 1 atom stereocenters. The molecule has 0 aromatic heterocycles. The molecule has 1 fully saturated rings. The van der Waals surface area contributed by atoms with Crippen molar-refractivity contribution in [1.82, 2.24) is 5.32 Å². The summed E-state index contributed by atoms with van der Waals surface area (Å²) in [6.07, 6.45) is 1.92. The molecule has 1 aliphatic heterocycles. The smallest absolute Gasteiger partial charge is 0.234 e. The van der Waals surface area contributed by atoms with Gasteiger partial charge >= 0.3 is 0 Å². The Morgan fingerprint density at radius 3 is 2.45 bits per heavy atom. The van der Waals surface area contributed by atoms with Crippen molar-refractivity contribution in [3.63, 3.8) is 0 Å². The third kappa shape index (κ3) is 2.17. The molecule has 1 unspecified atom stereocenters. The predicted molar refractivity (Wildman–Crippen MR) is 42.8 cm³/mol. The summed E-state index contributed by atoms with van der Waals surface area (Å²) in [6.45, 7) is 1.90. The Hall–Kier alpha value is -0.610. The lowest BCUT2D eigenvalue weighted by molar-refractivity contribution is -0.120. The molecule has 4 heteroatoms. The zero-order valence-electron chi connectivity index (χ0n) is 6.55. The molecular weight excluding hydrogens is 142 g/mol. The summed E-state index contributed by atoms with van der Waals surface area (Å²) in [5, 5.41) is 3.20. The van der Waals surface area contributed by atoms with Crippen molar-refractivity contribution in [2.45, 2.75) is 18.9 Å². The van der Waals surface area contributed by atoms with Crippen molar-refractivity contribution in [3.05, 3.63) is 0 Å². The van der Waals surface area contributed by atoms with Crippen molar-refractivity contribution < 1.29 is 4.79 Å². The molecule has 0 saturated carbocycles. The zero-order valence-corrected chi connectivity index (χ0v) is 6.55. The summed E-state index contributed by atoms with van der Waals surface area (Å²) in [6, 6.07) is -0.447. The molecular formula is C7H15N3O. The van der Waals surface area contributed by atoms with Gasteiger partial charge in [0.25, 0.3) is 0 Å². The first kappa shape index (κ1) is 8.49. The summed E-state index contributed by atoms with van der Waals surface area (Å²) in [5.74, 6) is -0.0920. The molecule has 1 aliphatic rings. The van der Waals surface area contributed by atoms with Crippen LogP contribution in [-0.2, 0) is 4.79 Å². The molecule has 0 aromatic rings.